The summed E-state index contributed by atoms with van der Waals surface area (Å²) >= 11 is 0. The number of primary amides is 1. The number of Topliss-reactive ketones (excluding diaryl/α,β-unsaturated/α-hetero) is 1. The maximum Gasteiger partial charge on any atom is 0.220 e. The van der Waals surface area contributed by atoms with Crippen molar-refractivity contribution in [3.8, 4) is 0 Å². The van der Waals surface area contributed by atoms with E-state index in [1.165, 1.54) is 0 Å². The van der Waals surface area contributed by atoms with Gasteiger partial charge in [-0.05, 0) is 0 Å². The molecule has 1 aromatic rings. The zero-order valence-electron chi connectivity index (χ0n) is 8.07. The summed E-state index contributed by atoms with van der Waals surface area (Å²) in [5.74, 6) is -0.881. The van der Waals surface area contributed by atoms with Crippen molar-refractivity contribution in [1.82, 2.24) is 0 Å². The van der Waals surface area contributed by atoms with Gasteiger partial charge in [-0.25, -0.2) is 0 Å². The fourth-order valence-electron chi connectivity index (χ4n) is 1.12. The molecule has 1 atom stereocenters. The van der Waals surface area contributed by atoms with E-state index in [0.717, 1.165) is 0 Å². The summed E-state index contributed by atoms with van der Waals surface area (Å²) in [7, 11) is 0. The predicted octanol–water partition coefficient (Wildman–Crippen LogP) is 1.38. The molecule has 1 aromatic carbocycles. The first kappa shape index (κ1) is 10.4. The van der Waals surface area contributed by atoms with Crippen LogP contribution in [0.25, 0.3) is 0 Å². The smallest absolute Gasteiger partial charge is 0.220 e. The first-order valence-electron chi connectivity index (χ1n) is 4.49. The summed E-state index contributed by atoms with van der Waals surface area (Å²) in [6, 6.07) is 8.89. The molecule has 3 nitrogen and oxygen atoms in total. The molecule has 0 radical (unpaired) electrons. The lowest BCUT2D eigenvalue weighted by atomic mass is 9.99. The van der Waals surface area contributed by atoms with Crippen molar-refractivity contribution in [3.63, 3.8) is 0 Å². The molecule has 3 heteroatoms. The maximum absolute atomic E-state index is 11.6. The number of benzene rings is 1. The highest BCUT2D eigenvalue weighted by atomic mass is 16.1. The van der Waals surface area contributed by atoms with E-state index in [0.29, 0.717) is 5.56 Å². The van der Waals surface area contributed by atoms with E-state index >= 15 is 0 Å². The average Bonchev–Trinajstić information content (AvgIpc) is 2.19. The third kappa shape index (κ3) is 2.69. The van der Waals surface area contributed by atoms with Crippen LogP contribution in [0.5, 0.6) is 0 Å². The Balaban J connectivity index is 2.64. The molecule has 14 heavy (non-hydrogen) atoms. The van der Waals surface area contributed by atoms with E-state index in [1.54, 1.807) is 31.2 Å². The molecule has 1 rings (SSSR count). The lowest BCUT2D eigenvalue weighted by Crippen LogP contribution is -2.23. The summed E-state index contributed by atoms with van der Waals surface area (Å²) in [6.45, 7) is 1.66. The Bertz CT molecular complexity index is 332. The van der Waals surface area contributed by atoms with E-state index in [9.17, 15) is 9.59 Å². The molecule has 1 amide bonds. The quantitative estimate of drug-likeness (QED) is 0.731. The molecular weight excluding hydrogens is 178 g/mol. The lowest BCUT2D eigenvalue weighted by Gasteiger charge is -2.05. The van der Waals surface area contributed by atoms with Gasteiger partial charge < -0.3 is 5.73 Å². The molecule has 0 saturated carbocycles. The second-order valence-corrected chi connectivity index (χ2v) is 3.30. The molecule has 0 aromatic heterocycles. The van der Waals surface area contributed by atoms with Crippen molar-refractivity contribution in [2.45, 2.75) is 13.3 Å². The zero-order valence-corrected chi connectivity index (χ0v) is 8.07. The first-order valence-corrected chi connectivity index (χ1v) is 4.49. The predicted molar refractivity (Wildman–Crippen MR) is 53.7 cm³/mol. The second-order valence-electron chi connectivity index (χ2n) is 3.30. The van der Waals surface area contributed by atoms with Gasteiger partial charge in [-0.15, -0.1) is 0 Å². The van der Waals surface area contributed by atoms with Crippen molar-refractivity contribution in [2.24, 2.45) is 11.7 Å². The number of rotatable bonds is 4. The molecule has 0 fully saturated rings. The molecule has 0 saturated heterocycles. The summed E-state index contributed by atoms with van der Waals surface area (Å²) < 4.78 is 0. The SMILES string of the molecule is CC(CC(=O)c1ccccc1)C(N)=O. The Morgan fingerprint density at radius 1 is 1.29 bits per heavy atom. The Morgan fingerprint density at radius 2 is 1.86 bits per heavy atom. The fraction of sp³-hybridized carbons (Fsp3) is 0.273. The van der Waals surface area contributed by atoms with E-state index in [1.807, 2.05) is 6.07 Å². The lowest BCUT2D eigenvalue weighted by molar-refractivity contribution is -0.121. The number of hydrogen-bond acceptors (Lipinski definition) is 2. The van der Waals surface area contributed by atoms with Crippen molar-refractivity contribution in [1.29, 1.82) is 0 Å². The van der Waals surface area contributed by atoms with Gasteiger partial charge in [-0.1, -0.05) is 37.3 Å². The first-order chi connectivity index (χ1) is 6.61. The fourth-order valence-corrected chi connectivity index (χ4v) is 1.12. The summed E-state index contributed by atoms with van der Waals surface area (Å²) in [5.41, 5.74) is 5.70. The number of carbonyl (C=O) groups excluding carboxylic acids is 2. The monoisotopic (exact) mass is 191 g/mol. The van der Waals surface area contributed by atoms with Crippen LogP contribution in [-0.2, 0) is 4.79 Å². The Morgan fingerprint density at radius 3 is 2.36 bits per heavy atom. The Kier molecular flexibility index (Phi) is 3.40. The van der Waals surface area contributed by atoms with Crippen molar-refractivity contribution in [2.75, 3.05) is 0 Å². The highest BCUT2D eigenvalue weighted by Crippen LogP contribution is 2.08. The van der Waals surface area contributed by atoms with Crippen molar-refractivity contribution < 1.29 is 9.59 Å². The largest absolute Gasteiger partial charge is 0.369 e. The normalized spacial score (nSPS) is 12.1. The van der Waals surface area contributed by atoms with E-state index in [4.69, 9.17) is 5.73 Å². The average molecular weight is 191 g/mol. The molecule has 0 heterocycles. The molecule has 0 aliphatic carbocycles. The highest BCUT2D eigenvalue weighted by molar-refractivity contribution is 5.98. The van der Waals surface area contributed by atoms with Gasteiger partial charge >= 0.3 is 0 Å². The molecule has 0 spiro atoms. The topological polar surface area (TPSA) is 60.2 Å². The minimum absolute atomic E-state index is 0.0445. The van der Waals surface area contributed by atoms with Crippen LogP contribution in [0, 0.1) is 5.92 Å². The molecule has 1 unspecified atom stereocenters. The van der Waals surface area contributed by atoms with Gasteiger partial charge in [0.15, 0.2) is 5.78 Å². The molecule has 74 valence electrons. The van der Waals surface area contributed by atoms with Crippen LogP contribution in [0.2, 0.25) is 0 Å². The van der Waals surface area contributed by atoms with E-state index < -0.39 is 11.8 Å². The third-order valence-corrected chi connectivity index (χ3v) is 2.07. The van der Waals surface area contributed by atoms with Crippen LogP contribution in [-0.4, -0.2) is 11.7 Å². The van der Waals surface area contributed by atoms with Gasteiger partial charge in [0.1, 0.15) is 0 Å². The van der Waals surface area contributed by atoms with Crippen molar-refractivity contribution >= 4 is 11.7 Å². The van der Waals surface area contributed by atoms with Gasteiger partial charge in [0.05, 0.1) is 0 Å². The van der Waals surface area contributed by atoms with Gasteiger partial charge in [-0.3, -0.25) is 9.59 Å². The summed E-state index contributed by atoms with van der Waals surface area (Å²) in [4.78, 5) is 22.3. The summed E-state index contributed by atoms with van der Waals surface area (Å²) in [5, 5.41) is 0. The van der Waals surface area contributed by atoms with Crippen molar-refractivity contribution in [3.05, 3.63) is 35.9 Å². The molecule has 0 aliphatic rings. The molecule has 0 bridgehead atoms. The number of nitrogens with two attached hydrogens (primary N) is 1. The molecule has 2 N–H and O–H groups in total. The minimum Gasteiger partial charge on any atom is -0.369 e. The van der Waals surface area contributed by atoms with E-state index in [-0.39, 0.29) is 12.2 Å². The van der Waals surface area contributed by atoms with Crippen LogP contribution < -0.4 is 5.73 Å². The molecular formula is C11H13NO2. The van der Waals surface area contributed by atoms with Crippen LogP contribution in [0.3, 0.4) is 0 Å². The minimum atomic E-state index is -0.436. The van der Waals surface area contributed by atoms with Gasteiger partial charge in [0, 0.05) is 17.9 Å². The van der Waals surface area contributed by atoms with Crippen LogP contribution in [0.15, 0.2) is 30.3 Å². The highest BCUT2D eigenvalue weighted by Gasteiger charge is 2.14. The zero-order chi connectivity index (χ0) is 10.6. The summed E-state index contributed by atoms with van der Waals surface area (Å²) in [6.07, 6.45) is 0.180. The van der Waals surface area contributed by atoms with Crippen LogP contribution in [0.1, 0.15) is 23.7 Å². The number of carbonyl (C=O) groups is 2. The van der Waals surface area contributed by atoms with E-state index in [2.05, 4.69) is 0 Å². The Hall–Kier alpha value is -1.64. The standard InChI is InChI=1S/C11H13NO2/c1-8(11(12)14)7-10(13)9-5-3-2-4-6-9/h2-6,8H,7H2,1H3,(H2,12,14). The van der Waals surface area contributed by atoms with Crippen LogP contribution in [0.4, 0.5) is 0 Å². The molecule has 0 aliphatic heterocycles. The second kappa shape index (κ2) is 4.56. The number of ketones is 1. The Labute approximate surface area is 82.9 Å². The number of hydrogen-bond donors (Lipinski definition) is 1. The third-order valence-electron chi connectivity index (χ3n) is 2.07. The van der Waals surface area contributed by atoms with Gasteiger partial charge in [0.2, 0.25) is 5.91 Å². The van der Waals surface area contributed by atoms with Gasteiger partial charge in [0.25, 0.3) is 0 Å². The number of amides is 1. The van der Waals surface area contributed by atoms with Gasteiger partial charge in [-0.2, -0.15) is 0 Å². The van der Waals surface area contributed by atoms with Crippen LogP contribution >= 0.6 is 0 Å². The maximum atomic E-state index is 11.6.